The summed E-state index contributed by atoms with van der Waals surface area (Å²) in [5.74, 6) is -1.03. The number of likely N-dealkylation sites (tertiary alicyclic amines) is 1. The van der Waals surface area contributed by atoms with E-state index in [0.717, 1.165) is 96.5 Å². The number of nitrogens with one attached hydrogen (secondary N) is 2. The fourth-order valence-corrected chi connectivity index (χ4v) is 12.8. The number of fused-ring (bicyclic) bond motifs is 6. The lowest BCUT2D eigenvalue weighted by molar-refractivity contribution is -0.460. The van der Waals surface area contributed by atoms with Crippen LogP contribution in [0.3, 0.4) is 0 Å². The van der Waals surface area contributed by atoms with Crippen LogP contribution in [0.2, 0.25) is 0 Å². The van der Waals surface area contributed by atoms with Gasteiger partial charge in [0.15, 0.2) is 6.04 Å². The maximum absolute atomic E-state index is 15.0. The number of rotatable bonds is 11. The summed E-state index contributed by atoms with van der Waals surface area (Å²) in [5.41, 5.74) is 9.99. The van der Waals surface area contributed by atoms with Gasteiger partial charge < -0.3 is 33.7 Å². The quantitative estimate of drug-likeness (QED) is 0.146. The Morgan fingerprint density at radius 1 is 0.987 bits per heavy atom. The van der Waals surface area contributed by atoms with E-state index in [-0.39, 0.29) is 25.4 Å². The van der Waals surface area contributed by atoms with E-state index in [0.29, 0.717) is 80.5 Å². The highest BCUT2D eigenvalue weighted by Gasteiger charge is 2.58. The number of carbonyl (C=O) groups is 3. The van der Waals surface area contributed by atoms with E-state index in [9.17, 15) is 18.4 Å². The van der Waals surface area contributed by atoms with Crippen LogP contribution in [0.1, 0.15) is 107 Å². The molecule has 3 aromatic heterocycles. The second kappa shape index (κ2) is 21.5. The molecule has 7 aliphatic rings. The number of hydrogen-bond donors (Lipinski definition) is 2. The first-order chi connectivity index (χ1) is 36.2. The molecule has 6 fully saturated rings. The summed E-state index contributed by atoms with van der Waals surface area (Å²) < 4.78 is 55.7. The van der Waals surface area contributed by atoms with Gasteiger partial charge >= 0.3 is 18.1 Å². The van der Waals surface area contributed by atoms with Gasteiger partial charge in [0.1, 0.15) is 17.1 Å². The monoisotopic (exact) mass is 1060 g/mol. The van der Waals surface area contributed by atoms with Gasteiger partial charge in [0.25, 0.3) is 5.91 Å². The highest BCUT2D eigenvalue weighted by molar-refractivity contribution is 7.10. The number of esters is 1. The minimum atomic E-state index is -3.54. The molecule has 21 heteroatoms. The number of ether oxygens (including phenoxy) is 4. The highest BCUT2D eigenvalue weighted by Crippen LogP contribution is 2.44. The fourth-order valence-electron chi connectivity index (χ4n) is 11.8. The number of pyridine rings is 1. The van der Waals surface area contributed by atoms with Crippen molar-refractivity contribution in [3.63, 3.8) is 0 Å². The summed E-state index contributed by atoms with van der Waals surface area (Å²) in [4.78, 5) is 65.6. The number of carbonyl (C=O) groups excluding carboxylic acids is 3. The van der Waals surface area contributed by atoms with E-state index >= 15 is 4.79 Å². The summed E-state index contributed by atoms with van der Waals surface area (Å²) in [6.07, 6.45) is 5.56. The molecule has 5 atom stereocenters. The number of anilines is 1. The summed E-state index contributed by atoms with van der Waals surface area (Å²) in [6, 6.07) is 3.95. The number of piperazine rings is 1. The third-order valence-electron chi connectivity index (χ3n) is 16.4. The Kier molecular flexibility index (Phi) is 15.0. The molecule has 6 bridgehead atoms. The van der Waals surface area contributed by atoms with Crippen molar-refractivity contribution in [2.75, 3.05) is 84.3 Å². The number of methoxy groups -OCH3 is 1. The lowest BCUT2D eigenvalue weighted by Crippen LogP contribution is -2.68. The van der Waals surface area contributed by atoms with Crippen LogP contribution < -0.4 is 15.6 Å². The molecule has 0 spiro atoms. The molecule has 18 nitrogen and oxygen atoms in total. The number of hydrazine groups is 1. The van der Waals surface area contributed by atoms with Gasteiger partial charge in [-0.2, -0.15) is 18.7 Å². The second-order valence-corrected chi connectivity index (χ2v) is 23.1. The van der Waals surface area contributed by atoms with Gasteiger partial charge in [-0.05, 0) is 108 Å². The van der Waals surface area contributed by atoms with Gasteiger partial charge in [-0.3, -0.25) is 29.4 Å². The van der Waals surface area contributed by atoms with Crippen molar-refractivity contribution in [3.05, 3.63) is 52.1 Å². The zero-order valence-electron chi connectivity index (χ0n) is 43.9. The van der Waals surface area contributed by atoms with Crippen LogP contribution in [0.15, 0.2) is 35.8 Å². The molecule has 11 rings (SSSR count). The number of amides is 3. The van der Waals surface area contributed by atoms with Crippen molar-refractivity contribution in [2.45, 2.75) is 141 Å². The summed E-state index contributed by atoms with van der Waals surface area (Å²) in [7, 11) is 1.72. The first-order valence-corrected chi connectivity index (χ1v) is 28.0. The van der Waals surface area contributed by atoms with Gasteiger partial charge in [0.2, 0.25) is 0 Å². The summed E-state index contributed by atoms with van der Waals surface area (Å²) in [6.45, 7) is 15.2. The molecule has 1 saturated carbocycles. The SMILES string of the molecule is CO[C@@H](C)c1ncc(N2CCN(C3CC3)CC2)cc1-c1c2c3cc(ccc3n1CCOC1CCOCC1)-c1csc(n1)[C@@H](N1CCCC1)[C@H](NC(=O)N1OC(F)(F)[C@@H]1C)C(=O)N1CCC[C@H](N1)C(=O)OCC(C)(C)C2. The van der Waals surface area contributed by atoms with E-state index in [4.69, 9.17) is 28.9 Å². The number of urea groups is 1. The summed E-state index contributed by atoms with van der Waals surface area (Å²) >= 11 is 1.39. The lowest BCUT2D eigenvalue weighted by Gasteiger charge is -2.44. The third kappa shape index (κ3) is 10.8. The van der Waals surface area contributed by atoms with E-state index < -0.39 is 53.6 Å². The largest absolute Gasteiger partial charge is 0.464 e. The Bertz CT molecular complexity index is 2730. The summed E-state index contributed by atoms with van der Waals surface area (Å²) in [5, 5.41) is 8.32. The standard InChI is InChI=1S/C54H72F2N10O8S/c1-33(70-5)45-40(28-37(30-57-45)62-21-19-61(20-22-62)36-11-12-36)47-41-29-53(3,4)32-73-51(68)42-9-8-18-65(60-42)50(67)46(59-52(69)66-34(2)54(55,56)74-66)48(63-16-6-7-17-63)49-58-43(31-75-49)35-10-13-44(39(41)27-35)64(47)23-26-72-38-14-24-71-25-15-38/h10,13,27-28,30-31,33-34,36,38,42,46,48,60H,6-9,11-12,14-26,29,32H2,1-5H3,(H,59,69)/t33-,34-,42-,46-,48-/m0/s1. The Balaban J connectivity index is 1.06. The molecule has 0 radical (unpaired) electrons. The third-order valence-corrected chi connectivity index (χ3v) is 17.3. The van der Waals surface area contributed by atoms with Gasteiger partial charge in [-0.15, -0.1) is 11.3 Å². The first kappa shape index (κ1) is 52.2. The van der Waals surface area contributed by atoms with Crippen molar-refractivity contribution in [1.82, 2.24) is 45.1 Å². The molecule has 9 heterocycles. The fraction of sp³-hybridized carbons (Fsp3) is 0.648. The maximum atomic E-state index is 15.0. The Hall–Kier alpha value is -4.87. The number of alkyl halides is 2. The van der Waals surface area contributed by atoms with Crippen molar-refractivity contribution in [1.29, 1.82) is 0 Å². The highest BCUT2D eigenvalue weighted by atomic mass is 32.1. The molecule has 2 N–H and O–H groups in total. The smallest absolute Gasteiger partial charge is 0.398 e. The van der Waals surface area contributed by atoms with E-state index in [1.807, 2.05) is 18.5 Å². The number of nitrogens with zero attached hydrogens (tertiary/aromatic N) is 8. The van der Waals surface area contributed by atoms with Crippen LogP contribution >= 0.6 is 11.3 Å². The average molecular weight is 1060 g/mol. The number of halogens is 2. The lowest BCUT2D eigenvalue weighted by atomic mass is 9.84. The van der Waals surface area contributed by atoms with Gasteiger partial charge in [0.05, 0.1) is 60.4 Å². The zero-order valence-corrected chi connectivity index (χ0v) is 44.7. The number of hydroxylamine groups is 2. The molecule has 1 aromatic carbocycles. The number of thiazole rings is 1. The van der Waals surface area contributed by atoms with E-state index in [2.05, 4.69) is 73.0 Å². The molecule has 0 unspecified atom stereocenters. The van der Waals surface area contributed by atoms with Crippen LogP contribution in [-0.2, 0) is 46.3 Å². The molecule has 75 heavy (non-hydrogen) atoms. The van der Waals surface area contributed by atoms with Gasteiger partial charge in [-0.25, -0.2) is 15.2 Å². The van der Waals surface area contributed by atoms with Crippen LogP contribution in [0.25, 0.3) is 33.4 Å². The zero-order chi connectivity index (χ0) is 52.2. The maximum Gasteiger partial charge on any atom is 0.398 e. The topological polar surface area (TPSA) is 168 Å². The van der Waals surface area contributed by atoms with Crippen molar-refractivity contribution >= 4 is 45.8 Å². The number of cyclic esters (lactones) is 1. The molecular formula is C54H72F2N10O8S. The minimum Gasteiger partial charge on any atom is -0.464 e. The average Bonchev–Trinajstić information content (AvgIpc) is 3.77. The van der Waals surface area contributed by atoms with Crippen LogP contribution in [0.5, 0.6) is 0 Å². The molecule has 406 valence electrons. The van der Waals surface area contributed by atoms with Crippen LogP contribution in [0.4, 0.5) is 19.3 Å². The van der Waals surface area contributed by atoms with Crippen molar-refractivity contribution in [2.24, 2.45) is 5.41 Å². The van der Waals surface area contributed by atoms with Crippen LogP contribution in [-0.4, -0.2) is 168 Å². The molecular weight excluding hydrogens is 987 g/mol. The van der Waals surface area contributed by atoms with Gasteiger partial charge in [-0.1, -0.05) is 19.9 Å². The number of benzene rings is 1. The van der Waals surface area contributed by atoms with Crippen molar-refractivity contribution < 1.29 is 46.9 Å². The van der Waals surface area contributed by atoms with Crippen LogP contribution in [0, 0.1) is 5.41 Å². The Labute approximate surface area is 441 Å². The van der Waals surface area contributed by atoms with Gasteiger partial charge in [0, 0.05) is 98.5 Å². The molecule has 4 aromatic rings. The predicted molar refractivity (Wildman–Crippen MR) is 278 cm³/mol. The number of aromatic nitrogens is 3. The Morgan fingerprint density at radius 2 is 1.76 bits per heavy atom. The molecule has 6 aliphatic heterocycles. The normalized spacial score (nSPS) is 26.5. The Morgan fingerprint density at radius 3 is 2.48 bits per heavy atom. The van der Waals surface area contributed by atoms with E-state index in [1.165, 1.54) is 36.1 Å². The second-order valence-electron chi connectivity index (χ2n) is 22.3. The minimum absolute atomic E-state index is 0.0747. The van der Waals surface area contributed by atoms with Crippen molar-refractivity contribution in [3.8, 4) is 22.5 Å². The predicted octanol–water partition coefficient (Wildman–Crippen LogP) is 7.08. The molecule has 3 amide bonds. The molecule has 5 saturated heterocycles. The molecule has 1 aliphatic carbocycles. The number of hydrogen-bond acceptors (Lipinski definition) is 15. The first-order valence-electron chi connectivity index (χ1n) is 27.1. The van der Waals surface area contributed by atoms with E-state index in [1.54, 1.807) is 7.11 Å².